The van der Waals surface area contributed by atoms with Gasteiger partial charge in [0.15, 0.2) is 15.7 Å². The van der Waals surface area contributed by atoms with Crippen LogP contribution >= 0.6 is 0 Å². The second-order valence-electron chi connectivity index (χ2n) is 5.96. The fraction of sp³-hybridized carbons (Fsp3) is 0.786. The highest BCUT2D eigenvalue weighted by atomic mass is 32.2. The molecule has 0 bridgehead atoms. The molecule has 1 aliphatic rings. The van der Waals surface area contributed by atoms with Gasteiger partial charge in [-0.25, -0.2) is 13.4 Å². The summed E-state index contributed by atoms with van der Waals surface area (Å²) in [5.41, 5.74) is 0. The zero-order valence-corrected chi connectivity index (χ0v) is 13.1. The van der Waals surface area contributed by atoms with Gasteiger partial charge < -0.3 is 9.73 Å². The standard InChI is InChI=1S/C14H24N2O3S/c1-11(2)8-15-6-3-4-14-16-9-13(19-14)12-5-7-20(17,18)10-12/h9,11-12,15H,3-8,10H2,1-2H3. The van der Waals surface area contributed by atoms with Gasteiger partial charge in [-0.2, -0.15) is 0 Å². The Hall–Kier alpha value is -0.880. The van der Waals surface area contributed by atoms with Crippen molar-refractivity contribution < 1.29 is 12.8 Å². The highest BCUT2D eigenvalue weighted by Gasteiger charge is 2.31. The van der Waals surface area contributed by atoms with Gasteiger partial charge in [-0.1, -0.05) is 13.8 Å². The molecular weight excluding hydrogens is 276 g/mol. The van der Waals surface area contributed by atoms with Crippen molar-refractivity contribution in [2.24, 2.45) is 5.92 Å². The number of sulfone groups is 1. The van der Waals surface area contributed by atoms with Gasteiger partial charge in [-0.3, -0.25) is 0 Å². The van der Waals surface area contributed by atoms with E-state index < -0.39 is 9.84 Å². The number of nitrogens with one attached hydrogen (secondary N) is 1. The number of aryl methyl sites for hydroxylation is 1. The molecule has 0 spiro atoms. The molecule has 1 atom stereocenters. The van der Waals surface area contributed by atoms with Crippen LogP contribution in [0.1, 0.15) is 44.3 Å². The Morgan fingerprint density at radius 2 is 2.30 bits per heavy atom. The smallest absolute Gasteiger partial charge is 0.194 e. The van der Waals surface area contributed by atoms with Crippen molar-refractivity contribution >= 4 is 9.84 Å². The Morgan fingerprint density at radius 3 is 2.95 bits per heavy atom. The van der Waals surface area contributed by atoms with Gasteiger partial charge in [-0.15, -0.1) is 0 Å². The van der Waals surface area contributed by atoms with Crippen LogP contribution in [0.3, 0.4) is 0 Å². The summed E-state index contributed by atoms with van der Waals surface area (Å²) >= 11 is 0. The van der Waals surface area contributed by atoms with E-state index in [2.05, 4.69) is 24.1 Å². The zero-order chi connectivity index (χ0) is 14.6. The molecule has 2 rings (SSSR count). The fourth-order valence-electron chi connectivity index (χ4n) is 2.40. The van der Waals surface area contributed by atoms with E-state index in [1.165, 1.54) is 0 Å². The van der Waals surface area contributed by atoms with Crippen LogP contribution in [-0.2, 0) is 16.3 Å². The van der Waals surface area contributed by atoms with Gasteiger partial charge in [0.05, 0.1) is 17.7 Å². The van der Waals surface area contributed by atoms with Crippen molar-refractivity contribution in [3.05, 3.63) is 17.8 Å². The number of nitrogens with zero attached hydrogens (tertiary/aromatic N) is 1. The molecular formula is C14H24N2O3S. The molecule has 6 heteroatoms. The lowest BCUT2D eigenvalue weighted by atomic mass is 10.1. The van der Waals surface area contributed by atoms with Gasteiger partial charge in [-0.05, 0) is 31.8 Å². The topological polar surface area (TPSA) is 72.2 Å². The van der Waals surface area contributed by atoms with Crippen LogP contribution in [0, 0.1) is 5.92 Å². The summed E-state index contributed by atoms with van der Waals surface area (Å²) in [6, 6.07) is 0. The van der Waals surface area contributed by atoms with Gasteiger partial charge in [0.25, 0.3) is 0 Å². The number of hydrogen-bond acceptors (Lipinski definition) is 5. The second-order valence-corrected chi connectivity index (χ2v) is 8.19. The van der Waals surface area contributed by atoms with Gasteiger partial charge in [0.1, 0.15) is 5.76 Å². The minimum Gasteiger partial charge on any atom is -0.445 e. The molecule has 0 radical (unpaired) electrons. The number of rotatable bonds is 7. The Labute approximate surface area is 121 Å². The Bertz CT molecular complexity index is 522. The first-order valence-corrected chi connectivity index (χ1v) is 9.14. The molecule has 20 heavy (non-hydrogen) atoms. The molecule has 1 unspecified atom stereocenters. The molecule has 5 nitrogen and oxygen atoms in total. The first kappa shape index (κ1) is 15.5. The van der Waals surface area contributed by atoms with E-state index in [-0.39, 0.29) is 17.4 Å². The van der Waals surface area contributed by atoms with Crippen molar-refractivity contribution in [3.8, 4) is 0 Å². The van der Waals surface area contributed by atoms with Gasteiger partial charge in [0, 0.05) is 12.3 Å². The van der Waals surface area contributed by atoms with Crippen LogP contribution in [0.5, 0.6) is 0 Å². The minimum atomic E-state index is -2.86. The molecule has 0 saturated carbocycles. The molecule has 2 heterocycles. The maximum atomic E-state index is 11.4. The molecule has 1 saturated heterocycles. The van der Waals surface area contributed by atoms with E-state index in [1.54, 1.807) is 6.20 Å². The summed E-state index contributed by atoms with van der Waals surface area (Å²) in [7, 11) is -2.86. The largest absolute Gasteiger partial charge is 0.445 e. The SMILES string of the molecule is CC(C)CNCCCc1ncc(C2CCS(=O)(=O)C2)o1. The van der Waals surface area contributed by atoms with E-state index in [1.807, 2.05) is 0 Å². The summed E-state index contributed by atoms with van der Waals surface area (Å²) in [4.78, 5) is 4.25. The summed E-state index contributed by atoms with van der Waals surface area (Å²) in [5.74, 6) is 2.59. The maximum absolute atomic E-state index is 11.4. The third-order valence-electron chi connectivity index (χ3n) is 3.50. The van der Waals surface area contributed by atoms with Crippen molar-refractivity contribution in [2.45, 2.75) is 39.0 Å². The van der Waals surface area contributed by atoms with Crippen molar-refractivity contribution in [3.63, 3.8) is 0 Å². The monoisotopic (exact) mass is 300 g/mol. The van der Waals surface area contributed by atoms with E-state index in [4.69, 9.17) is 4.42 Å². The van der Waals surface area contributed by atoms with Crippen LogP contribution in [0.15, 0.2) is 10.6 Å². The molecule has 1 N–H and O–H groups in total. The third kappa shape index (κ3) is 4.59. The van der Waals surface area contributed by atoms with E-state index in [9.17, 15) is 8.42 Å². The summed E-state index contributed by atoms with van der Waals surface area (Å²) in [6.07, 6.45) is 4.13. The predicted octanol–water partition coefficient (Wildman–Crippen LogP) is 1.75. The molecule has 1 aromatic heterocycles. The third-order valence-corrected chi connectivity index (χ3v) is 5.27. The van der Waals surface area contributed by atoms with E-state index in [0.717, 1.165) is 37.6 Å². The summed E-state index contributed by atoms with van der Waals surface area (Å²) in [6.45, 7) is 6.34. The molecule has 1 fully saturated rings. The van der Waals surface area contributed by atoms with Crippen LogP contribution in [0.2, 0.25) is 0 Å². The predicted molar refractivity (Wildman–Crippen MR) is 78.5 cm³/mol. The molecule has 0 aromatic carbocycles. The normalized spacial score (nSPS) is 21.6. The summed E-state index contributed by atoms with van der Waals surface area (Å²) < 4.78 is 28.6. The molecule has 114 valence electrons. The van der Waals surface area contributed by atoms with Gasteiger partial charge in [0.2, 0.25) is 0 Å². The average molecular weight is 300 g/mol. The van der Waals surface area contributed by atoms with Crippen LogP contribution in [0.25, 0.3) is 0 Å². The second kappa shape index (κ2) is 6.72. The Morgan fingerprint density at radius 1 is 1.50 bits per heavy atom. The van der Waals surface area contributed by atoms with E-state index in [0.29, 0.717) is 12.3 Å². The lowest BCUT2D eigenvalue weighted by molar-refractivity contribution is 0.424. The zero-order valence-electron chi connectivity index (χ0n) is 12.3. The van der Waals surface area contributed by atoms with E-state index >= 15 is 0 Å². The Balaban J connectivity index is 1.75. The van der Waals surface area contributed by atoms with Crippen LogP contribution in [-0.4, -0.2) is 38.0 Å². The fourth-order valence-corrected chi connectivity index (χ4v) is 4.16. The lowest BCUT2D eigenvalue weighted by Crippen LogP contribution is -2.21. The highest BCUT2D eigenvalue weighted by molar-refractivity contribution is 7.91. The minimum absolute atomic E-state index is 0.000293. The van der Waals surface area contributed by atoms with Crippen molar-refractivity contribution in [1.29, 1.82) is 0 Å². The van der Waals surface area contributed by atoms with Crippen LogP contribution in [0.4, 0.5) is 0 Å². The van der Waals surface area contributed by atoms with Crippen LogP contribution < -0.4 is 5.32 Å². The lowest BCUT2D eigenvalue weighted by Gasteiger charge is -2.06. The maximum Gasteiger partial charge on any atom is 0.194 e. The molecule has 0 aliphatic carbocycles. The quantitative estimate of drug-likeness (QED) is 0.777. The van der Waals surface area contributed by atoms with Crippen molar-refractivity contribution in [1.82, 2.24) is 10.3 Å². The Kier molecular flexibility index (Phi) is 5.21. The highest BCUT2D eigenvalue weighted by Crippen LogP contribution is 2.29. The van der Waals surface area contributed by atoms with Crippen molar-refractivity contribution in [2.75, 3.05) is 24.6 Å². The number of aromatic nitrogens is 1. The average Bonchev–Trinajstić information content (AvgIpc) is 2.95. The number of hydrogen-bond donors (Lipinski definition) is 1. The molecule has 1 aromatic rings. The molecule has 0 amide bonds. The summed E-state index contributed by atoms with van der Waals surface area (Å²) in [5, 5.41) is 3.38. The van der Waals surface area contributed by atoms with Gasteiger partial charge >= 0.3 is 0 Å². The number of oxazole rings is 1. The molecule has 1 aliphatic heterocycles. The first-order valence-electron chi connectivity index (χ1n) is 7.32. The first-order chi connectivity index (χ1) is 9.46.